The van der Waals surface area contributed by atoms with Gasteiger partial charge in [0.25, 0.3) is 0 Å². The highest BCUT2D eigenvalue weighted by molar-refractivity contribution is 6.17. The Kier molecular flexibility index (Phi) is 2.40. The highest BCUT2D eigenvalue weighted by Gasteiger charge is 2.04. The zero-order valence-corrected chi connectivity index (χ0v) is 7.75. The van der Waals surface area contributed by atoms with E-state index in [1.54, 1.807) is 6.33 Å². The first kappa shape index (κ1) is 8.44. The molecular weight excluding hydrogens is 188 g/mol. The summed E-state index contributed by atoms with van der Waals surface area (Å²) in [6.07, 6.45) is 4.95. The van der Waals surface area contributed by atoms with Crippen LogP contribution in [-0.2, 0) is 6.42 Å². The summed E-state index contributed by atoms with van der Waals surface area (Å²) in [5.41, 5.74) is 2.63. The second-order valence-electron chi connectivity index (χ2n) is 2.71. The Morgan fingerprint density at radius 2 is 2.23 bits per heavy atom. The smallest absolute Gasteiger partial charge is 0.180 e. The van der Waals surface area contributed by atoms with Crippen LogP contribution in [0.4, 0.5) is 0 Å². The average Bonchev–Trinajstić information content (AvgIpc) is 2.62. The molecule has 2 rings (SSSR count). The topological polar surface area (TPSA) is 54.5 Å². The maximum atomic E-state index is 5.61. The van der Waals surface area contributed by atoms with E-state index in [1.807, 2.05) is 0 Å². The van der Waals surface area contributed by atoms with Crippen molar-refractivity contribution in [3.05, 3.63) is 18.3 Å². The van der Waals surface area contributed by atoms with Crippen LogP contribution in [-0.4, -0.2) is 25.8 Å². The zero-order chi connectivity index (χ0) is 9.10. The van der Waals surface area contributed by atoms with E-state index in [2.05, 4.69) is 19.9 Å². The number of fused-ring (bicyclic) bond motifs is 1. The van der Waals surface area contributed by atoms with Crippen molar-refractivity contribution < 1.29 is 0 Å². The van der Waals surface area contributed by atoms with E-state index in [0.29, 0.717) is 5.88 Å². The van der Waals surface area contributed by atoms with Gasteiger partial charge >= 0.3 is 0 Å². The summed E-state index contributed by atoms with van der Waals surface area (Å²) in [4.78, 5) is 15.3. The Morgan fingerprint density at radius 3 is 3.08 bits per heavy atom. The first-order valence-electron chi connectivity index (χ1n) is 4.10. The van der Waals surface area contributed by atoms with E-state index < -0.39 is 0 Å². The van der Waals surface area contributed by atoms with Crippen molar-refractivity contribution >= 4 is 22.8 Å². The van der Waals surface area contributed by atoms with Gasteiger partial charge in [-0.2, -0.15) is 0 Å². The van der Waals surface area contributed by atoms with Crippen molar-refractivity contribution in [1.29, 1.82) is 0 Å². The molecule has 2 heterocycles. The second kappa shape index (κ2) is 3.70. The van der Waals surface area contributed by atoms with E-state index in [4.69, 9.17) is 11.6 Å². The number of nitrogens with zero attached hydrogens (tertiary/aromatic N) is 3. The fourth-order valence-corrected chi connectivity index (χ4v) is 1.37. The lowest BCUT2D eigenvalue weighted by atomic mass is 10.2. The highest BCUT2D eigenvalue weighted by Crippen LogP contribution is 2.10. The predicted molar refractivity (Wildman–Crippen MR) is 50.7 cm³/mol. The summed E-state index contributed by atoms with van der Waals surface area (Å²) < 4.78 is 0. The predicted octanol–water partition coefficient (Wildman–Crippen LogP) is 1.52. The first-order chi connectivity index (χ1) is 6.42. The summed E-state index contributed by atoms with van der Waals surface area (Å²) in [7, 11) is 0. The number of hydrogen-bond acceptors (Lipinski definition) is 3. The number of aromatic nitrogens is 4. The van der Waals surface area contributed by atoms with Crippen LogP contribution in [0.25, 0.3) is 11.2 Å². The summed E-state index contributed by atoms with van der Waals surface area (Å²) >= 11 is 5.61. The minimum Gasteiger partial charge on any atom is -0.342 e. The van der Waals surface area contributed by atoms with Crippen LogP contribution in [0.3, 0.4) is 0 Å². The number of aromatic amines is 1. The van der Waals surface area contributed by atoms with Crippen molar-refractivity contribution in [2.24, 2.45) is 0 Å². The quantitative estimate of drug-likeness (QED) is 0.758. The third kappa shape index (κ3) is 1.62. The summed E-state index contributed by atoms with van der Waals surface area (Å²) in [6.45, 7) is 0. The Morgan fingerprint density at radius 1 is 1.31 bits per heavy atom. The third-order valence-corrected chi connectivity index (χ3v) is 2.12. The first-order valence-corrected chi connectivity index (χ1v) is 4.64. The van der Waals surface area contributed by atoms with E-state index in [0.717, 1.165) is 29.7 Å². The fourth-order valence-electron chi connectivity index (χ4n) is 1.24. The van der Waals surface area contributed by atoms with Crippen LogP contribution in [0.5, 0.6) is 0 Å². The number of alkyl halides is 1. The second-order valence-corrected chi connectivity index (χ2v) is 3.09. The minimum atomic E-state index is 0.652. The van der Waals surface area contributed by atoms with E-state index in [-0.39, 0.29) is 0 Å². The van der Waals surface area contributed by atoms with Gasteiger partial charge in [0, 0.05) is 5.88 Å². The molecule has 0 aliphatic rings. The number of nitrogens with one attached hydrogen (secondary N) is 1. The molecule has 0 aliphatic heterocycles. The molecule has 0 fully saturated rings. The number of halogens is 1. The molecule has 5 heteroatoms. The Bertz CT molecular complexity index is 398. The molecule has 0 atom stereocenters. The molecule has 13 heavy (non-hydrogen) atoms. The molecule has 0 unspecified atom stereocenters. The van der Waals surface area contributed by atoms with Gasteiger partial charge in [0.15, 0.2) is 5.65 Å². The van der Waals surface area contributed by atoms with Crippen LogP contribution in [0.15, 0.2) is 12.7 Å². The van der Waals surface area contributed by atoms with Gasteiger partial charge in [0.05, 0.1) is 12.0 Å². The van der Waals surface area contributed by atoms with Gasteiger partial charge in [0.2, 0.25) is 0 Å². The van der Waals surface area contributed by atoms with Gasteiger partial charge in [-0.05, 0) is 12.8 Å². The number of aryl methyl sites for hydroxylation is 1. The molecule has 2 aromatic rings. The van der Waals surface area contributed by atoms with E-state index in [9.17, 15) is 0 Å². The highest BCUT2D eigenvalue weighted by atomic mass is 35.5. The molecule has 0 saturated heterocycles. The van der Waals surface area contributed by atoms with Crippen molar-refractivity contribution in [1.82, 2.24) is 19.9 Å². The lowest BCUT2D eigenvalue weighted by molar-refractivity contribution is 0.889. The zero-order valence-electron chi connectivity index (χ0n) is 7.00. The summed E-state index contributed by atoms with van der Waals surface area (Å²) in [5.74, 6) is 0.652. The normalized spacial score (nSPS) is 10.8. The molecule has 0 saturated carbocycles. The average molecular weight is 197 g/mol. The van der Waals surface area contributed by atoms with Crippen LogP contribution < -0.4 is 0 Å². The summed E-state index contributed by atoms with van der Waals surface area (Å²) in [6, 6.07) is 0. The minimum absolute atomic E-state index is 0.652. The lowest BCUT2D eigenvalue weighted by Crippen LogP contribution is -1.94. The Balaban J connectivity index is 2.37. The molecule has 0 aromatic carbocycles. The van der Waals surface area contributed by atoms with E-state index in [1.165, 1.54) is 6.33 Å². The van der Waals surface area contributed by atoms with Crippen LogP contribution >= 0.6 is 11.6 Å². The van der Waals surface area contributed by atoms with Gasteiger partial charge < -0.3 is 4.98 Å². The van der Waals surface area contributed by atoms with Crippen molar-refractivity contribution in [3.8, 4) is 0 Å². The van der Waals surface area contributed by atoms with Crippen LogP contribution in [0, 0.1) is 0 Å². The molecule has 4 nitrogen and oxygen atoms in total. The van der Waals surface area contributed by atoms with Gasteiger partial charge in [-0.15, -0.1) is 11.6 Å². The molecular formula is C8H9ClN4. The third-order valence-electron chi connectivity index (χ3n) is 1.85. The number of rotatable bonds is 3. The van der Waals surface area contributed by atoms with Crippen molar-refractivity contribution in [3.63, 3.8) is 0 Å². The molecule has 0 bridgehead atoms. The van der Waals surface area contributed by atoms with Crippen LogP contribution in [0.2, 0.25) is 0 Å². The van der Waals surface area contributed by atoms with E-state index >= 15 is 0 Å². The van der Waals surface area contributed by atoms with Crippen molar-refractivity contribution in [2.45, 2.75) is 12.8 Å². The monoisotopic (exact) mass is 196 g/mol. The van der Waals surface area contributed by atoms with Gasteiger partial charge in [-0.3, -0.25) is 0 Å². The molecule has 1 N–H and O–H groups in total. The van der Waals surface area contributed by atoms with Gasteiger partial charge in [-0.1, -0.05) is 0 Å². The number of hydrogen-bond donors (Lipinski definition) is 1. The van der Waals surface area contributed by atoms with Crippen LogP contribution in [0.1, 0.15) is 12.1 Å². The molecule has 0 aliphatic carbocycles. The molecule has 0 spiro atoms. The number of H-pyrrole nitrogens is 1. The lowest BCUT2D eigenvalue weighted by Gasteiger charge is -1.97. The standard InChI is InChI=1S/C8H9ClN4/c9-3-1-2-6-7-8(12-4-10-6)13-5-11-7/h4-5H,1-3H2,(H,10,11,12,13). The SMILES string of the molecule is ClCCCc1ncnc2nc[nH]c12. The molecule has 2 aromatic heterocycles. The van der Waals surface area contributed by atoms with Gasteiger partial charge in [-0.25, -0.2) is 15.0 Å². The Labute approximate surface area is 80.4 Å². The van der Waals surface area contributed by atoms with Gasteiger partial charge in [0.1, 0.15) is 11.8 Å². The maximum Gasteiger partial charge on any atom is 0.180 e. The molecule has 68 valence electrons. The summed E-state index contributed by atoms with van der Waals surface area (Å²) in [5, 5.41) is 0. The molecule has 0 radical (unpaired) electrons. The fraction of sp³-hybridized carbons (Fsp3) is 0.375. The Hall–Kier alpha value is -1.16. The number of imidazole rings is 1. The maximum absolute atomic E-state index is 5.61. The molecule has 0 amide bonds. The van der Waals surface area contributed by atoms with Crippen molar-refractivity contribution in [2.75, 3.05) is 5.88 Å². The largest absolute Gasteiger partial charge is 0.342 e.